The van der Waals surface area contributed by atoms with Crippen LogP contribution in [0.5, 0.6) is 5.75 Å². The molecule has 2 rings (SSSR count). The monoisotopic (exact) mass is 278 g/mol. The largest absolute Gasteiger partial charge is 0.497 e. The smallest absolute Gasteiger partial charge is 0.339 e. The first kappa shape index (κ1) is 13.4. The van der Waals surface area contributed by atoms with Crippen molar-refractivity contribution < 1.29 is 19.0 Å². The van der Waals surface area contributed by atoms with Crippen LogP contribution >= 0.6 is 11.8 Å². The Morgan fingerprint density at radius 2 is 1.89 bits per heavy atom. The Bertz CT molecular complexity index is 596. The molecule has 0 spiro atoms. The van der Waals surface area contributed by atoms with E-state index >= 15 is 0 Å². The number of hydrogen-bond acceptors (Lipinski definition) is 3. The van der Waals surface area contributed by atoms with Crippen molar-refractivity contribution in [2.75, 3.05) is 7.11 Å². The third kappa shape index (κ3) is 3.06. The Hall–Kier alpha value is -2.01. The number of aromatic carboxylic acids is 1. The van der Waals surface area contributed by atoms with Gasteiger partial charge in [0.2, 0.25) is 0 Å². The zero-order valence-electron chi connectivity index (χ0n) is 10.1. The summed E-state index contributed by atoms with van der Waals surface area (Å²) >= 11 is 1.20. The quantitative estimate of drug-likeness (QED) is 0.926. The molecular weight excluding hydrogens is 267 g/mol. The lowest BCUT2D eigenvalue weighted by molar-refractivity contribution is 0.0688. The minimum absolute atomic E-state index is 0.302. The van der Waals surface area contributed by atoms with Crippen molar-refractivity contribution in [3.8, 4) is 5.75 Å². The minimum atomic E-state index is -1.27. The molecule has 0 amide bonds. The van der Waals surface area contributed by atoms with Gasteiger partial charge in [-0.1, -0.05) is 17.8 Å². The van der Waals surface area contributed by atoms with Crippen LogP contribution in [-0.4, -0.2) is 18.2 Å². The third-order valence-electron chi connectivity index (χ3n) is 2.48. The second-order valence-electron chi connectivity index (χ2n) is 3.70. The summed E-state index contributed by atoms with van der Waals surface area (Å²) in [6.07, 6.45) is 0. The van der Waals surface area contributed by atoms with Crippen molar-refractivity contribution in [2.45, 2.75) is 9.79 Å². The van der Waals surface area contributed by atoms with Gasteiger partial charge in [0.15, 0.2) is 0 Å². The highest BCUT2D eigenvalue weighted by Gasteiger charge is 2.16. The molecule has 0 saturated carbocycles. The van der Waals surface area contributed by atoms with Crippen LogP contribution in [0.3, 0.4) is 0 Å². The molecule has 3 nitrogen and oxygen atoms in total. The highest BCUT2D eigenvalue weighted by atomic mass is 32.2. The molecule has 2 aromatic rings. The van der Waals surface area contributed by atoms with Gasteiger partial charge in [-0.05, 0) is 36.4 Å². The number of carbonyl (C=O) groups is 1. The van der Waals surface area contributed by atoms with Gasteiger partial charge in [0.05, 0.1) is 7.11 Å². The van der Waals surface area contributed by atoms with Gasteiger partial charge in [-0.25, -0.2) is 9.18 Å². The van der Waals surface area contributed by atoms with Crippen LogP contribution in [0.4, 0.5) is 4.39 Å². The third-order valence-corrected chi connectivity index (χ3v) is 3.54. The summed E-state index contributed by atoms with van der Waals surface area (Å²) in [7, 11) is 1.57. The summed E-state index contributed by atoms with van der Waals surface area (Å²) in [6.45, 7) is 0. The topological polar surface area (TPSA) is 46.5 Å². The van der Waals surface area contributed by atoms with Crippen LogP contribution < -0.4 is 4.74 Å². The molecule has 0 aliphatic rings. The maximum Gasteiger partial charge on any atom is 0.339 e. The van der Waals surface area contributed by atoms with Crippen molar-refractivity contribution in [1.29, 1.82) is 0 Å². The van der Waals surface area contributed by atoms with Crippen molar-refractivity contribution >= 4 is 17.7 Å². The standard InChI is InChI=1S/C14H11FO3S/c1-18-9-5-7-10(8-6-9)19-12-4-2-3-11(15)13(12)14(16)17/h2-8H,1H3,(H,16,17). The number of carboxylic acids is 1. The van der Waals surface area contributed by atoms with E-state index in [2.05, 4.69) is 0 Å². The summed E-state index contributed by atoms with van der Waals surface area (Å²) in [5, 5.41) is 9.03. The van der Waals surface area contributed by atoms with E-state index in [4.69, 9.17) is 9.84 Å². The summed E-state index contributed by atoms with van der Waals surface area (Å²) in [4.78, 5) is 12.2. The van der Waals surface area contributed by atoms with Gasteiger partial charge in [-0.15, -0.1) is 0 Å². The maximum absolute atomic E-state index is 13.5. The molecule has 2 aromatic carbocycles. The molecule has 5 heteroatoms. The van der Waals surface area contributed by atoms with Gasteiger partial charge in [0, 0.05) is 9.79 Å². The average molecular weight is 278 g/mol. The summed E-state index contributed by atoms with van der Waals surface area (Å²) in [5.74, 6) is -1.29. The Morgan fingerprint density at radius 3 is 2.47 bits per heavy atom. The fourth-order valence-corrected chi connectivity index (χ4v) is 2.53. The molecule has 0 aliphatic heterocycles. The predicted molar refractivity (Wildman–Crippen MR) is 70.5 cm³/mol. The second kappa shape index (κ2) is 5.75. The van der Waals surface area contributed by atoms with Gasteiger partial charge >= 0.3 is 5.97 Å². The Balaban J connectivity index is 2.32. The first-order valence-electron chi connectivity index (χ1n) is 5.45. The first-order chi connectivity index (χ1) is 9.11. The lowest BCUT2D eigenvalue weighted by Crippen LogP contribution is -2.02. The van der Waals surface area contributed by atoms with Crippen molar-refractivity contribution in [3.63, 3.8) is 0 Å². The molecule has 0 bridgehead atoms. The lowest BCUT2D eigenvalue weighted by atomic mass is 10.2. The molecule has 0 aromatic heterocycles. The zero-order valence-corrected chi connectivity index (χ0v) is 10.9. The first-order valence-corrected chi connectivity index (χ1v) is 6.27. The summed E-state index contributed by atoms with van der Waals surface area (Å²) in [5.41, 5.74) is -0.302. The number of methoxy groups -OCH3 is 1. The molecule has 0 aliphatic carbocycles. The van der Waals surface area contributed by atoms with Gasteiger partial charge in [0.1, 0.15) is 17.1 Å². The molecule has 0 fully saturated rings. The summed E-state index contributed by atoms with van der Waals surface area (Å²) < 4.78 is 18.5. The van der Waals surface area contributed by atoms with E-state index in [9.17, 15) is 9.18 Å². The number of carboxylic acid groups (broad SMARTS) is 1. The Labute approximate surface area is 114 Å². The highest BCUT2D eigenvalue weighted by molar-refractivity contribution is 7.99. The van der Waals surface area contributed by atoms with E-state index < -0.39 is 11.8 Å². The van der Waals surface area contributed by atoms with E-state index in [1.165, 1.54) is 17.8 Å². The number of benzene rings is 2. The summed E-state index contributed by atoms with van der Waals surface area (Å²) in [6, 6.07) is 11.3. The highest BCUT2D eigenvalue weighted by Crippen LogP contribution is 2.32. The lowest BCUT2D eigenvalue weighted by Gasteiger charge is -2.07. The van der Waals surface area contributed by atoms with Crippen molar-refractivity contribution in [3.05, 3.63) is 53.8 Å². The molecule has 98 valence electrons. The number of rotatable bonds is 4. The van der Waals surface area contributed by atoms with Crippen LogP contribution in [0.1, 0.15) is 10.4 Å². The van der Waals surface area contributed by atoms with E-state index in [-0.39, 0.29) is 5.56 Å². The average Bonchev–Trinajstić information content (AvgIpc) is 2.39. The molecule has 0 atom stereocenters. The fraction of sp³-hybridized carbons (Fsp3) is 0.0714. The Morgan fingerprint density at radius 1 is 1.21 bits per heavy atom. The van der Waals surface area contributed by atoms with E-state index in [1.807, 2.05) is 0 Å². The van der Waals surface area contributed by atoms with Gasteiger partial charge in [-0.3, -0.25) is 0 Å². The predicted octanol–water partition coefficient (Wildman–Crippen LogP) is 3.68. The molecule has 0 heterocycles. The van der Waals surface area contributed by atoms with E-state index in [1.54, 1.807) is 37.4 Å². The van der Waals surface area contributed by atoms with Crippen molar-refractivity contribution in [2.24, 2.45) is 0 Å². The molecule has 19 heavy (non-hydrogen) atoms. The van der Waals surface area contributed by atoms with Crippen molar-refractivity contribution in [1.82, 2.24) is 0 Å². The van der Waals surface area contributed by atoms with E-state index in [0.29, 0.717) is 10.6 Å². The van der Waals surface area contributed by atoms with Gasteiger partial charge in [0.25, 0.3) is 0 Å². The maximum atomic E-state index is 13.5. The van der Waals surface area contributed by atoms with Crippen LogP contribution in [0.15, 0.2) is 52.3 Å². The van der Waals surface area contributed by atoms with Gasteiger partial charge < -0.3 is 9.84 Å². The molecule has 1 N–H and O–H groups in total. The Kier molecular flexibility index (Phi) is 4.06. The van der Waals surface area contributed by atoms with Crippen LogP contribution in [0, 0.1) is 5.82 Å². The normalized spacial score (nSPS) is 10.2. The van der Waals surface area contributed by atoms with Crippen LogP contribution in [0.25, 0.3) is 0 Å². The minimum Gasteiger partial charge on any atom is -0.497 e. The SMILES string of the molecule is COc1ccc(Sc2cccc(F)c2C(=O)O)cc1. The molecular formula is C14H11FO3S. The molecule has 0 radical (unpaired) electrons. The molecule has 0 unspecified atom stereocenters. The number of halogens is 1. The van der Waals surface area contributed by atoms with Gasteiger partial charge in [-0.2, -0.15) is 0 Å². The number of hydrogen-bond donors (Lipinski definition) is 1. The van der Waals surface area contributed by atoms with Crippen LogP contribution in [-0.2, 0) is 0 Å². The zero-order chi connectivity index (χ0) is 13.8. The number of ether oxygens (including phenoxy) is 1. The van der Waals surface area contributed by atoms with E-state index in [0.717, 1.165) is 11.0 Å². The fourth-order valence-electron chi connectivity index (χ4n) is 1.57. The molecule has 0 saturated heterocycles. The van der Waals surface area contributed by atoms with Crippen LogP contribution in [0.2, 0.25) is 0 Å². The second-order valence-corrected chi connectivity index (χ2v) is 4.81.